The fourth-order valence-corrected chi connectivity index (χ4v) is 3.01. The van der Waals surface area contributed by atoms with Gasteiger partial charge in [0.2, 0.25) is 0 Å². The highest BCUT2D eigenvalue weighted by atomic mass is 31.2. The van der Waals surface area contributed by atoms with E-state index in [9.17, 15) is 4.57 Å². The van der Waals surface area contributed by atoms with Gasteiger partial charge in [0.1, 0.15) is 11.5 Å². The molecular formula is C15H19N2O3P. The minimum Gasteiger partial charge on any atom is -0.416 e. The normalized spacial score (nSPS) is 11.2. The summed E-state index contributed by atoms with van der Waals surface area (Å²) in [6.07, 6.45) is 0. The molecule has 2 aromatic rings. The monoisotopic (exact) mass is 306 g/mol. The molecule has 5 nitrogen and oxygen atoms in total. The van der Waals surface area contributed by atoms with E-state index in [4.69, 9.17) is 20.5 Å². The van der Waals surface area contributed by atoms with Crippen molar-refractivity contribution >= 4 is 7.60 Å². The molecule has 0 radical (unpaired) electrons. The molecule has 0 atom stereocenters. The fraction of sp³-hybridized carbons (Fsp3) is 0.200. The average molecular weight is 306 g/mol. The van der Waals surface area contributed by atoms with Crippen LogP contribution in [0.2, 0.25) is 0 Å². The van der Waals surface area contributed by atoms with Crippen LogP contribution in [0.25, 0.3) is 0 Å². The zero-order valence-corrected chi connectivity index (χ0v) is 12.8. The summed E-state index contributed by atoms with van der Waals surface area (Å²) in [5.74, 6) is 0.937. The second kappa shape index (κ2) is 6.76. The molecule has 0 aliphatic carbocycles. The molecule has 0 aliphatic heterocycles. The van der Waals surface area contributed by atoms with E-state index in [0.717, 1.165) is 11.1 Å². The fourth-order valence-electron chi connectivity index (χ4n) is 1.90. The van der Waals surface area contributed by atoms with Crippen LogP contribution in [0.15, 0.2) is 48.5 Å². The van der Waals surface area contributed by atoms with Gasteiger partial charge in [0.15, 0.2) is 0 Å². The minimum absolute atomic E-state index is 0.301. The minimum atomic E-state index is -3.33. The number of hydrogen-bond donors (Lipinski definition) is 2. The topological polar surface area (TPSA) is 87.6 Å². The van der Waals surface area contributed by atoms with E-state index >= 15 is 0 Å². The number of benzene rings is 2. The van der Waals surface area contributed by atoms with Crippen LogP contribution in [0.3, 0.4) is 0 Å². The lowest BCUT2D eigenvalue weighted by molar-refractivity contribution is 0.390. The first-order chi connectivity index (χ1) is 10.1. The molecule has 0 bridgehead atoms. The quantitative estimate of drug-likeness (QED) is 0.801. The standard InChI is InChI=1S/C15H19N2O3P/c1-21(18,19-14-8-4-2-6-12(14)10-16)20-15-9-5-3-7-13(15)11-17/h2-9H,10-11,16-17H2,1H3. The third-order valence-corrected chi connectivity index (χ3v) is 3.97. The van der Waals surface area contributed by atoms with Crippen LogP contribution in [0.4, 0.5) is 0 Å². The molecule has 112 valence electrons. The van der Waals surface area contributed by atoms with Gasteiger partial charge in [-0.05, 0) is 12.1 Å². The van der Waals surface area contributed by atoms with Crippen molar-refractivity contribution in [2.75, 3.05) is 6.66 Å². The van der Waals surface area contributed by atoms with Crippen molar-refractivity contribution in [3.63, 3.8) is 0 Å². The largest absolute Gasteiger partial charge is 0.427 e. The molecule has 21 heavy (non-hydrogen) atoms. The van der Waals surface area contributed by atoms with Crippen molar-refractivity contribution in [1.82, 2.24) is 0 Å². The lowest BCUT2D eigenvalue weighted by Crippen LogP contribution is -2.06. The Balaban J connectivity index is 2.20. The molecule has 0 saturated heterocycles. The van der Waals surface area contributed by atoms with Gasteiger partial charge in [-0.3, -0.25) is 0 Å². The van der Waals surface area contributed by atoms with Crippen LogP contribution in [0, 0.1) is 0 Å². The van der Waals surface area contributed by atoms with Crippen molar-refractivity contribution in [3.05, 3.63) is 59.7 Å². The summed E-state index contributed by atoms with van der Waals surface area (Å²) in [6.45, 7) is 2.03. The molecule has 0 unspecified atom stereocenters. The third kappa shape index (κ3) is 4.08. The average Bonchev–Trinajstić information content (AvgIpc) is 2.47. The maximum absolute atomic E-state index is 12.6. The molecule has 0 spiro atoms. The second-order valence-corrected chi connectivity index (χ2v) is 6.49. The molecule has 0 fully saturated rings. The number of rotatable bonds is 6. The summed E-state index contributed by atoms with van der Waals surface area (Å²) in [6, 6.07) is 14.4. The summed E-state index contributed by atoms with van der Waals surface area (Å²) < 4.78 is 23.6. The van der Waals surface area contributed by atoms with Gasteiger partial charge in [-0.2, -0.15) is 0 Å². The zero-order chi connectivity index (χ0) is 15.3. The van der Waals surface area contributed by atoms with Gasteiger partial charge in [-0.15, -0.1) is 0 Å². The predicted molar refractivity (Wildman–Crippen MR) is 83.5 cm³/mol. The van der Waals surface area contributed by atoms with Gasteiger partial charge in [0.25, 0.3) is 0 Å². The Morgan fingerprint density at radius 1 is 0.857 bits per heavy atom. The Hall–Kier alpha value is -1.81. The summed E-state index contributed by atoms with van der Waals surface area (Å²) in [7, 11) is -3.33. The Labute approximate surface area is 124 Å². The van der Waals surface area contributed by atoms with Crippen molar-refractivity contribution in [1.29, 1.82) is 0 Å². The van der Waals surface area contributed by atoms with Crippen LogP contribution in [-0.4, -0.2) is 6.66 Å². The molecule has 6 heteroatoms. The van der Waals surface area contributed by atoms with Crippen molar-refractivity contribution in [2.45, 2.75) is 13.1 Å². The Morgan fingerprint density at radius 2 is 1.24 bits per heavy atom. The number of para-hydroxylation sites is 2. The molecule has 0 amide bonds. The van der Waals surface area contributed by atoms with Gasteiger partial charge in [0.05, 0.1) is 6.66 Å². The highest BCUT2D eigenvalue weighted by Crippen LogP contribution is 2.46. The molecular weight excluding hydrogens is 287 g/mol. The van der Waals surface area contributed by atoms with Crippen molar-refractivity contribution in [3.8, 4) is 11.5 Å². The first-order valence-electron chi connectivity index (χ1n) is 6.58. The molecule has 0 heterocycles. The molecule has 0 aliphatic rings. The van der Waals surface area contributed by atoms with Gasteiger partial charge in [-0.1, -0.05) is 36.4 Å². The Bertz CT molecular complexity index is 607. The highest BCUT2D eigenvalue weighted by molar-refractivity contribution is 7.53. The van der Waals surface area contributed by atoms with E-state index in [0.29, 0.717) is 24.6 Å². The van der Waals surface area contributed by atoms with Crippen LogP contribution >= 0.6 is 7.60 Å². The van der Waals surface area contributed by atoms with Gasteiger partial charge in [-0.25, -0.2) is 4.57 Å². The SMILES string of the molecule is CP(=O)(Oc1ccccc1CN)Oc1ccccc1CN. The molecule has 2 aromatic carbocycles. The maximum Gasteiger partial charge on any atom is 0.427 e. The third-order valence-electron chi connectivity index (χ3n) is 2.91. The second-order valence-electron chi connectivity index (χ2n) is 4.58. The van der Waals surface area contributed by atoms with Crippen molar-refractivity contribution in [2.24, 2.45) is 11.5 Å². The maximum atomic E-state index is 12.6. The Morgan fingerprint density at radius 3 is 1.62 bits per heavy atom. The van der Waals surface area contributed by atoms with E-state index in [1.807, 2.05) is 24.3 Å². The van der Waals surface area contributed by atoms with E-state index in [-0.39, 0.29) is 0 Å². The van der Waals surface area contributed by atoms with Crippen LogP contribution in [-0.2, 0) is 17.7 Å². The molecule has 2 rings (SSSR count). The summed E-state index contributed by atoms with van der Waals surface area (Å²) in [4.78, 5) is 0. The smallest absolute Gasteiger partial charge is 0.416 e. The summed E-state index contributed by atoms with van der Waals surface area (Å²) in [5.41, 5.74) is 12.8. The number of nitrogens with two attached hydrogens (primary N) is 2. The lowest BCUT2D eigenvalue weighted by atomic mass is 10.2. The first-order valence-corrected chi connectivity index (χ1v) is 8.57. The van der Waals surface area contributed by atoms with Crippen LogP contribution < -0.4 is 20.5 Å². The van der Waals surface area contributed by atoms with E-state index in [1.165, 1.54) is 6.66 Å². The zero-order valence-electron chi connectivity index (χ0n) is 11.9. The van der Waals surface area contributed by atoms with E-state index in [1.54, 1.807) is 24.3 Å². The lowest BCUT2D eigenvalue weighted by Gasteiger charge is -2.19. The van der Waals surface area contributed by atoms with Crippen molar-refractivity contribution < 1.29 is 13.6 Å². The molecule has 0 saturated carbocycles. The van der Waals surface area contributed by atoms with Gasteiger partial charge in [0, 0.05) is 24.2 Å². The van der Waals surface area contributed by atoms with E-state index in [2.05, 4.69) is 0 Å². The molecule has 4 N–H and O–H groups in total. The summed E-state index contributed by atoms with van der Waals surface area (Å²) >= 11 is 0. The first kappa shape index (κ1) is 15.6. The van der Waals surface area contributed by atoms with Crippen LogP contribution in [0.1, 0.15) is 11.1 Å². The van der Waals surface area contributed by atoms with Crippen LogP contribution in [0.5, 0.6) is 11.5 Å². The predicted octanol–water partition coefficient (Wildman–Crippen LogP) is 2.88. The van der Waals surface area contributed by atoms with Gasteiger partial charge >= 0.3 is 7.60 Å². The van der Waals surface area contributed by atoms with Gasteiger partial charge < -0.3 is 20.5 Å². The molecule has 0 aromatic heterocycles. The number of hydrogen-bond acceptors (Lipinski definition) is 5. The summed E-state index contributed by atoms with van der Waals surface area (Å²) in [5, 5.41) is 0. The van der Waals surface area contributed by atoms with E-state index < -0.39 is 7.60 Å². The highest BCUT2D eigenvalue weighted by Gasteiger charge is 2.22. The Kier molecular flexibility index (Phi) is 5.02.